The topological polar surface area (TPSA) is 93.5 Å². The molecule has 1 N–H and O–H groups in total. The van der Waals surface area contributed by atoms with Crippen LogP contribution in [0.25, 0.3) is 0 Å². The van der Waals surface area contributed by atoms with Gasteiger partial charge in [-0.15, -0.1) is 0 Å². The molecule has 0 bridgehead atoms. The van der Waals surface area contributed by atoms with Crippen LogP contribution in [0.2, 0.25) is 0 Å². The average molecular weight is 426 g/mol. The van der Waals surface area contributed by atoms with Crippen LogP contribution in [0.3, 0.4) is 0 Å². The minimum absolute atomic E-state index is 0.137. The number of amides is 1. The van der Waals surface area contributed by atoms with Gasteiger partial charge in [-0.3, -0.25) is 9.48 Å². The van der Waals surface area contributed by atoms with Crippen LogP contribution in [0.15, 0.2) is 78.0 Å². The molecule has 30 heavy (non-hydrogen) atoms. The fourth-order valence-corrected chi connectivity index (χ4v) is 4.83. The largest absolute Gasteiger partial charge is 0.379 e. The molecule has 0 saturated carbocycles. The highest BCUT2D eigenvalue weighted by molar-refractivity contribution is 7.89. The second-order valence-electron chi connectivity index (χ2n) is 6.83. The Balaban J connectivity index is 1.59. The summed E-state index contributed by atoms with van der Waals surface area (Å²) in [6.07, 6.45) is 3.33. The van der Waals surface area contributed by atoms with Crippen molar-refractivity contribution in [3.8, 4) is 0 Å². The second kappa shape index (κ2) is 8.78. The van der Waals surface area contributed by atoms with Crippen LogP contribution in [0, 0.1) is 0 Å². The van der Waals surface area contributed by atoms with Crippen molar-refractivity contribution in [1.29, 1.82) is 0 Å². The van der Waals surface area contributed by atoms with E-state index in [4.69, 9.17) is 4.74 Å². The van der Waals surface area contributed by atoms with Crippen molar-refractivity contribution in [2.24, 2.45) is 0 Å². The second-order valence-corrected chi connectivity index (χ2v) is 8.77. The number of benzene rings is 2. The molecule has 3 aromatic rings. The van der Waals surface area contributed by atoms with Crippen LogP contribution in [0.5, 0.6) is 0 Å². The zero-order chi connectivity index (χ0) is 21.0. The Morgan fingerprint density at radius 3 is 2.50 bits per heavy atom. The molecule has 2 aromatic carbocycles. The number of nitrogens with zero attached hydrogens (tertiary/aromatic N) is 3. The molecule has 4 rings (SSSR count). The highest BCUT2D eigenvalue weighted by Crippen LogP contribution is 2.23. The maximum atomic E-state index is 13.1. The number of carbonyl (C=O) groups is 1. The summed E-state index contributed by atoms with van der Waals surface area (Å²) in [7, 11) is -3.65. The van der Waals surface area contributed by atoms with Crippen molar-refractivity contribution in [2.75, 3.05) is 31.6 Å². The molecule has 1 unspecified atom stereocenters. The number of nitrogens with one attached hydrogen (secondary N) is 1. The summed E-state index contributed by atoms with van der Waals surface area (Å²) in [6.45, 7) is 1.37. The van der Waals surface area contributed by atoms with Gasteiger partial charge >= 0.3 is 0 Å². The third-order valence-corrected chi connectivity index (χ3v) is 6.76. The normalized spacial score (nSPS) is 16.1. The van der Waals surface area contributed by atoms with Crippen molar-refractivity contribution in [3.05, 3.63) is 78.6 Å². The molecule has 1 amide bonds. The Hall–Kier alpha value is -3.01. The molecule has 1 atom stereocenters. The van der Waals surface area contributed by atoms with E-state index in [0.29, 0.717) is 32.0 Å². The number of sulfonamides is 1. The third-order valence-electron chi connectivity index (χ3n) is 4.86. The monoisotopic (exact) mass is 426 g/mol. The van der Waals surface area contributed by atoms with Gasteiger partial charge in [0.05, 0.1) is 18.1 Å². The van der Waals surface area contributed by atoms with E-state index in [-0.39, 0.29) is 10.8 Å². The Kier molecular flexibility index (Phi) is 5.93. The minimum atomic E-state index is -3.65. The fraction of sp³-hybridized carbons (Fsp3) is 0.238. The number of hydrogen-bond donors (Lipinski definition) is 1. The predicted molar refractivity (Wildman–Crippen MR) is 111 cm³/mol. The van der Waals surface area contributed by atoms with E-state index in [1.165, 1.54) is 16.4 Å². The molecule has 1 aromatic heterocycles. The van der Waals surface area contributed by atoms with E-state index in [0.717, 1.165) is 5.56 Å². The molecule has 0 radical (unpaired) electrons. The van der Waals surface area contributed by atoms with E-state index in [9.17, 15) is 13.2 Å². The Morgan fingerprint density at radius 2 is 1.80 bits per heavy atom. The van der Waals surface area contributed by atoms with E-state index in [1.54, 1.807) is 35.3 Å². The first-order valence-electron chi connectivity index (χ1n) is 9.58. The molecule has 0 aliphatic carbocycles. The van der Waals surface area contributed by atoms with Gasteiger partial charge in [0.1, 0.15) is 0 Å². The van der Waals surface area contributed by atoms with Gasteiger partial charge in [0.2, 0.25) is 10.0 Å². The first-order valence-corrected chi connectivity index (χ1v) is 11.0. The molecule has 1 aliphatic rings. The number of hydrogen-bond acceptors (Lipinski definition) is 5. The molecule has 1 fully saturated rings. The van der Waals surface area contributed by atoms with Crippen LogP contribution in [0.1, 0.15) is 11.6 Å². The van der Waals surface area contributed by atoms with Gasteiger partial charge in [-0.1, -0.05) is 36.4 Å². The molecular formula is C21H22N4O4S. The molecular weight excluding hydrogens is 404 g/mol. The lowest BCUT2D eigenvalue weighted by Crippen LogP contribution is -2.40. The summed E-state index contributed by atoms with van der Waals surface area (Å²) >= 11 is 0. The molecule has 0 spiro atoms. The average Bonchev–Trinajstić information content (AvgIpc) is 3.30. The quantitative estimate of drug-likeness (QED) is 0.652. The Bertz CT molecular complexity index is 1100. The van der Waals surface area contributed by atoms with Gasteiger partial charge in [-0.25, -0.2) is 8.42 Å². The van der Waals surface area contributed by atoms with Gasteiger partial charge in [0, 0.05) is 31.2 Å². The number of morpholine rings is 1. The molecule has 9 heteroatoms. The third kappa shape index (κ3) is 4.28. The number of rotatable bonds is 6. The van der Waals surface area contributed by atoms with E-state index in [2.05, 4.69) is 10.4 Å². The van der Waals surface area contributed by atoms with E-state index >= 15 is 0 Å². The summed E-state index contributed by atoms with van der Waals surface area (Å²) < 4.78 is 34.0. The van der Waals surface area contributed by atoms with Crippen LogP contribution < -0.4 is 5.32 Å². The Morgan fingerprint density at radius 1 is 1.03 bits per heavy atom. The van der Waals surface area contributed by atoms with Crippen molar-refractivity contribution in [3.63, 3.8) is 0 Å². The summed E-state index contributed by atoms with van der Waals surface area (Å²) in [6, 6.07) is 16.7. The SMILES string of the molecule is O=C(Nc1cccc(S(=O)(=O)N2CCOCC2)c1)C(c1ccccc1)n1cccn1. The first kappa shape index (κ1) is 20.3. The lowest BCUT2D eigenvalue weighted by molar-refractivity contribution is -0.118. The maximum Gasteiger partial charge on any atom is 0.253 e. The number of ether oxygens (including phenoxy) is 1. The minimum Gasteiger partial charge on any atom is -0.379 e. The number of anilines is 1. The van der Waals surface area contributed by atoms with E-state index < -0.39 is 16.1 Å². The van der Waals surface area contributed by atoms with Crippen molar-refractivity contribution in [2.45, 2.75) is 10.9 Å². The summed E-state index contributed by atoms with van der Waals surface area (Å²) in [5.41, 5.74) is 1.18. The van der Waals surface area contributed by atoms with Gasteiger partial charge in [0.25, 0.3) is 5.91 Å². The van der Waals surface area contributed by atoms with Gasteiger partial charge in [-0.05, 0) is 29.8 Å². The van der Waals surface area contributed by atoms with Crippen LogP contribution in [-0.4, -0.2) is 54.7 Å². The molecule has 1 aliphatic heterocycles. The first-order chi connectivity index (χ1) is 14.6. The lowest BCUT2D eigenvalue weighted by atomic mass is 10.1. The Labute approximate surface area is 175 Å². The van der Waals surface area contributed by atoms with Crippen LogP contribution in [0.4, 0.5) is 5.69 Å². The van der Waals surface area contributed by atoms with Crippen LogP contribution in [-0.2, 0) is 19.6 Å². The smallest absolute Gasteiger partial charge is 0.253 e. The molecule has 1 saturated heterocycles. The molecule has 8 nitrogen and oxygen atoms in total. The fourth-order valence-electron chi connectivity index (χ4n) is 3.37. The highest BCUT2D eigenvalue weighted by atomic mass is 32.2. The zero-order valence-electron chi connectivity index (χ0n) is 16.2. The highest BCUT2D eigenvalue weighted by Gasteiger charge is 2.27. The summed E-state index contributed by atoms with van der Waals surface area (Å²) in [5, 5.41) is 7.05. The van der Waals surface area contributed by atoms with E-state index in [1.807, 2.05) is 30.3 Å². The number of aromatic nitrogens is 2. The van der Waals surface area contributed by atoms with Gasteiger partial charge < -0.3 is 10.1 Å². The van der Waals surface area contributed by atoms with Crippen molar-refractivity contribution in [1.82, 2.24) is 14.1 Å². The van der Waals surface area contributed by atoms with Crippen molar-refractivity contribution < 1.29 is 17.9 Å². The van der Waals surface area contributed by atoms with Gasteiger partial charge in [0.15, 0.2) is 6.04 Å². The standard InChI is InChI=1S/C21H22N4O4S/c26-21(20(25-11-5-10-22-25)17-6-2-1-3-7-17)23-18-8-4-9-19(16-18)30(27,28)24-12-14-29-15-13-24/h1-11,16,20H,12-15H2,(H,23,26). The van der Waals surface area contributed by atoms with Gasteiger partial charge in [-0.2, -0.15) is 9.40 Å². The number of carbonyl (C=O) groups excluding carboxylic acids is 1. The summed E-state index contributed by atoms with van der Waals surface area (Å²) in [5.74, 6) is -0.314. The van der Waals surface area contributed by atoms with Crippen molar-refractivity contribution >= 4 is 21.6 Å². The predicted octanol–water partition coefficient (Wildman–Crippen LogP) is 2.13. The molecule has 2 heterocycles. The van der Waals surface area contributed by atoms with Crippen LogP contribution >= 0.6 is 0 Å². The molecule has 156 valence electrons. The maximum absolute atomic E-state index is 13.1. The summed E-state index contributed by atoms with van der Waals surface area (Å²) in [4.78, 5) is 13.3. The zero-order valence-corrected chi connectivity index (χ0v) is 17.0. The lowest BCUT2D eigenvalue weighted by Gasteiger charge is -2.26.